The van der Waals surface area contributed by atoms with Crippen molar-refractivity contribution in [2.45, 2.75) is 13.5 Å². The number of rotatable bonds is 2. The highest BCUT2D eigenvalue weighted by atomic mass is 35.5. The third-order valence-electron chi connectivity index (χ3n) is 2.32. The normalized spacial score (nSPS) is 10.4. The molecule has 2 rings (SSSR count). The monoisotopic (exact) mass is 234 g/mol. The van der Waals surface area contributed by atoms with Crippen molar-refractivity contribution in [3.8, 4) is 11.4 Å². The molecule has 1 aromatic heterocycles. The van der Waals surface area contributed by atoms with E-state index in [1.807, 2.05) is 25.1 Å². The molecule has 0 aliphatic carbocycles. The lowest BCUT2D eigenvalue weighted by Gasteiger charge is -2.03. The molecular formula is C12H11ClN2O. The molecule has 0 spiro atoms. The molecule has 82 valence electrons. The SMILES string of the molecule is Cc1ccc(-c2ncc(CO)cn2)cc1Cl. The van der Waals surface area contributed by atoms with Crippen molar-refractivity contribution in [3.05, 3.63) is 46.7 Å². The van der Waals surface area contributed by atoms with E-state index >= 15 is 0 Å². The van der Waals surface area contributed by atoms with E-state index in [0.717, 1.165) is 11.1 Å². The molecule has 0 amide bonds. The Kier molecular flexibility index (Phi) is 3.17. The summed E-state index contributed by atoms with van der Waals surface area (Å²) in [6, 6.07) is 5.70. The first-order valence-electron chi connectivity index (χ1n) is 4.89. The van der Waals surface area contributed by atoms with Crippen LogP contribution in [-0.2, 0) is 6.61 Å². The first-order valence-corrected chi connectivity index (χ1v) is 5.27. The molecular weight excluding hydrogens is 224 g/mol. The van der Waals surface area contributed by atoms with Crippen LogP contribution in [0.25, 0.3) is 11.4 Å². The molecule has 1 heterocycles. The number of aliphatic hydroxyl groups excluding tert-OH is 1. The molecule has 0 bridgehead atoms. The molecule has 0 atom stereocenters. The largest absolute Gasteiger partial charge is 0.392 e. The lowest BCUT2D eigenvalue weighted by atomic mass is 10.1. The number of nitrogens with zero attached hydrogens (tertiary/aromatic N) is 2. The average molecular weight is 235 g/mol. The topological polar surface area (TPSA) is 46.0 Å². The highest BCUT2D eigenvalue weighted by molar-refractivity contribution is 6.31. The molecule has 0 radical (unpaired) electrons. The van der Waals surface area contributed by atoms with Crippen LogP contribution in [0.3, 0.4) is 0 Å². The standard InChI is InChI=1S/C12H11ClN2O/c1-8-2-3-10(4-11(8)13)12-14-5-9(7-16)6-15-12/h2-6,16H,7H2,1H3. The number of hydrogen-bond acceptors (Lipinski definition) is 3. The van der Waals surface area contributed by atoms with E-state index in [4.69, 9.17) is 16.7 Å². The van der Waals surface area contributed by atoms with E-state index in [0.29, 0.717) is 16.4 Å². The first kappa shape index (κ1) is 11.0. The van der Waals surface area contributed by atoms with Crippen molar-refractivity contribution in [3.63, 3.8) is 0 Å². The van der Waals surface area contributed by atoms with Gasteiger partial charge in [-0.15, -0.1) is 0 Å². The third-order valence-corrected chi connectivity index (χ3v) is 2.73. The molecule has 0 aliphatic rings. The van der Waals surface area contributed by atoms with Gasteiger partial charge in [0.2, 0.25) is 0 Å². The molecule has 2 aromatic rings. The molecule has 3 nitrogen and oxygen atoms in total. The van der Waals surface area contributed by atoms with Crippen LogP contribution >= 0.6 is 11.6 Å². The molecule has 0 aliphatic heterocycles. The molecule has 0 saturated heterocycles. The van der Waals surface area contributed by atoms with Gasteiger partial charge in [-0.25, -0.2) is 9.97 Å². The maximum Gasteiger partial charge on any atom is 0.159 e. The Balaban J connectivity index is 2.38. The van der Waals surface area contributed by atoms with Gasteiger partial charge in [-0.05, 0) is 18.6 Å². The number of halogens is 1. The summed E-state index contributed by atoms with van der Waals surface area (Å²) in [5, 5.41) is 9.58. The van der Waals surface area contributed by atoms with Crippen molar-refractivity contribution in [1.82, 2.24) is 9.97 Å². The van der Waals surface area contributed by atoms with Gasteiger partial charge in [-0.1, -0.05) is 23.7 Å². The highest BCUT2D eigenvalue weighted by Gasteiger charge is 2.03. The predicted molar refractivity (Wildman–Crippen MR) is 63.1 cm³/mol. The minimum atomic E-state index is -0.0467. The van der Waals surface area contributed by atoms with Gasteiger partial charge in [0, 0.05) is 28.5 Å². The zero-order valence-electron chi connectivity index (χ0n) is 8.81. The third kappa shape index (κ3) is 2.21. The molecule has 0 saturated carbocycles. The lowest BCUT2D eigenvalue weighted by molar-refractivity contribution is 0.281. The van der Waals surface area contributed by atoms with Crippen LogP contribution in [0.4, 0.5) is 0 Å². The van der Waals surface area contributed by atoms with Gasteiger partial charge in [-0.2, -0.15) is 0 Å². The zero-order valence-corrected chi connectivity index (χ0v) is 9.57. The van der Waals surface area contributed by atoms with Crippen molar-refractivity contribution in [1.29, 1.82) is 0 Å². The van der Waals surface area contributed by atoms with Crippen LogP contribution in [-0.4, -0.2) is 15.1 Å². The van der Waals surface area contributed by atoms with Crippen LogP contribution in [0, 0.1) is 6.92 Å². The number of aliphatic hydroxyl groups is 1. The lowest BCUT2D eigenvalue weighted by Crippen LogP contribution is -1.92. The van der Waals surface area contributed by atoms with E-state index < -0.39 is 0 Å². The van der Waals surface area contributed by atoms with Gasteiger partial charge in [0.15, 0.2) is 5.82 Å². The number of hydrogen-bond donors (Lipinski definition) is 1. The maximum absolute atomic E-state index is 8.88. The van der Waals surface area contributed by atoms with Crippen LogP contribution in [0.5, 0.6) is 0 Å². The van der Waals surface area contributed by atoms with Gasteiger partial charge < -0.3 is 5.11 Å². The fourth-order valence-electron chi connectivity index (χ4n) is 1.32. The van der Waals surface area contributed by atoms with E-state index in [2.05, 4.69) is 9.97 Å². The predicted octanol–water partition coefficient (Wildman–Crippen LogP) is 2.60. The van der Waals surface area contributed by atoms with E-state index in [1.165, 1.54) is 0 Å². The van der Waals surface area contributed by atoms with E-state index in [9.17, 15) is 0 Å². The minimum Gasteiger partial charge on any atom is -0.392 e. The highest BCUT2D eigenvalue weighted by Crippen LogP contribution is 2.22. The molecule has 1 aromatic carbocycles. The number of benzene rings is 1. The molecule has 0 unspecified atom stereocenters. The van der Waals surface area contributed by atoms with Crippen LogP contribution in [0.15, 0.2) is 30.6 Å². The van der Waals surface area contributed by atoms with Crippen molar-refractivity contribution in [2.24, 2.45) is 0 Å². The van der Waals surface area contributed by atoms with Gasteiger partial charge in [-0.3, -0.25) is 0 Å². The number of aryl methyl sites for hydroxylation is 1. The number of aromatic nitrogens is 2. The second kappa shape index (κ2) is 4.60. The summed E-state index contributed by atoms with van der Waals surface area (Å²) in [5.41, 5.74) is 2.60. The smallest absolute Gasteiger partial charge is 0.159 e. The van der Waals surface area contributed by atoms with Crippen LogP contribution < -0.4 is 0 Å². The summed E-state index contributed by atoms with van der Waals surface area (Å²) in [6.45, 7) is 1.90. The Hall–Kier alpha value is -1.45. The summed E-state index contributed by atoms with van der Waals surface area (Å²) < 4.78 is 0. The first-order chi connectivity index (χ1) is 7.70. The van der Waals surface area contributed by atoms with Gasteiger partial charge in [0.05, 0.1) is 6.61 Å². The van der Waals surface area contributed by atoms with Gasteiger partial charge in [0.1, 0.15) is 0 Å². The Morgan fingerprint density at radius 2 is 1.94 bits per heavy atom. The molecule has 0 fully saturated rings. The second-order valence-corrected chi connectivity index (χ2v) is 3.94. The maximum atomic E-state index is 8.88. The Bertz CT molecular complexity index is 497. The van der Waals surface area contributed by atoms with Crippen LogP contribution in [0.1, 0.15) is 11.1 Å². The quantitative estimate of drug-likeness (QED) is 0.869. The fourth-order valence-corrected chi connectivity index (χ4v) is 1.50. The fraction of sp³-hybridized carbons (Fsp3) is 0.167. The molecule has 4 heteroatoms. The summed E-state index contributed by atoms with van der Waals surface area (Å²) in [6.07, 6.45) is 3.21. The van der Waals surface area contributed by atoms with Crippen molar-refractivity contribution < 1.29 is 5.11 Å². The average Bonchev–Trinajstić information content (AvgIpc) is 2.33. The Morgan fingerprint density at radius 3 is 2.50 bits per heavy atom. The van der Waals surface area contributed by atoms with Gasteiger partial charge in [0.25, 0.3) is 0 Å². The summed E-state index contributed by atoms with van der Waals surface area (Å²) in [5.74, 6) is 0.610. The summed E-state index contributed by atoms with van der Waals surface area (Å²) >= 11 is 6.03. The second-order valence-electron chi connectivity index (χ2n) is 3.54. The summed E-state index contributed by atoms with van der Waals surface area (Å²) in [4.78, 5) is 8.32. The van der Waals surface area contributed by atoms with Crippen LogP contribution in [0.2, 0.25) is 5.02 Å². The molecule has 16 heavy (non-hydrogen) atoms. The Labute approximate surface area is 98.8 Å². The van der Waals surface area contributed by atoms with Gasteiger partial charge >= 0.3 is 0 Å². The Morgan fingerprint density at radius 1 is 1.25 bits per heavy atom. The summed E-state index contributed by atoms with van der Waals surface area (Å²) in [7, 11) is 0. The zero-order chi connectivity index (χ0) is 11.5. The van der Waals surface area contributed by atoms with E-state index in [1.54, 1.807) is 12.4 Å². The van der Waals surface area contributed by atoms with E-state index in [-0.39, 0.29) is 6.61 Å². The minimum absolute atomic E-state index is 0.0467. The van der Waals surface area contributed by atoms with Crippen molar-refractivity contribution in [2.75, 3.05) is 0 Å². The van der Waals surface area contributed by atoms with Crippen molar-refractivity contribution >= 4 is 11.6 Å². The molecule has 1 N–H and O–H groups in total.